The molecule has 0 radical (unpaired) electrons. The van der Waals surface area contributed by atoms with Crippen molar-refractivity contribution >= 4 is 11.9 Å². The first-order chi connectivity index (χ1) is 14.8. The molecule has 1 aromatic rings. The normalized spacial score (nSPS) is 17.2. The van der Waals surface area contributed by atoms with Crippen molar-refractivity contribution in [3.63, 3.8) is 0 Å². The highest BCUT2D eigenvalue weighted by atomic mass is 16.6. The minimum atomic E-state index is -0.548. The summed E-state index contributed by atoms with van der Waals surface area (Å²) in [6, 6.07) is 3.09. The van der Waals surface area contributed by atoms with Gasteiger partial charge in [-0.3, -0.25) is 24.2 Å². The van der Waals surface area contributed by atoms with Crippen LogP contribution in [0.3, 0.4) is 0 Å². The van der Waals surface area contributed by atoms with E-state index in [0.29, 0.717) is 50.7 Å². The fourth-order valence-corrected chi connectivity index (χ4v) is 3.46. The van der Waals surface area contributed by atoms with Gasteiger partial charge in [-0.2, -0.15) is 0 Å². The molecule has 2 bridgehead atoms. The number of esters is 2. The lowest BCUT2D eigenvalue weighted by atomic mass is 10.2. The number of H-pyrrole nitrogens is 1. The van der Waals surface area contributed by atoms with Crippen molar-refractivity contribution in [2.45, 2.75) is 65.8 Å². The molecule has 0 fully saturated rings. The van der Waals surface area contributed by atoms with E-state index in [1.54, 1.807) is 12.1 Å². The van der Waals surface area contributed by atoms with Crippen LogP contribution in [0.25, 0.3) is 0 Å². The van der Waals surface area contributed by atoms with E-state index < -0.39 is 11.2 Å². The van der Waals surface area contributed by atoms with E-state index in [0.717, 1.165) is 0 Å². The molecule has 1 aromatic heterocycles. The van der Waals surface area contributed by atoms with Crippen LogP contribution in [0.4, 0.5) is 0 Å². The van der Waals surface area contributed by atoms with E-state index in [-0.39, 0.29) is 30.5 Å². The van der Waals surface area contributed by atoms with Crippen LogP contribution >= 0.6 is 0 Å². The van der Waals surface area contributed by atoms with Crippen molar-refractivity contribution in [1.82, 2.24) is 20.1 Å². The van der Waals surface area contributed by atoms with Crippen molar-refractivity contribution in [3.05, 3.63) is 33.7 Å². The number of carbonyl (C=O) groups excluding carboxylic acids is 2. The van der Waals surface area contributed by atoms with Gasteiger partial charge in [-0.05, 0) is 41.5 Å². The monoisotopic (exact) mass is 450 g/mol. The van der Waals surface area contributed by atoms with Crippen LogP contribution in [-0.2, 0) is 32.2 Å². The van der Waals surface area contributed by atoms with Crippen molar-refractivity contribution in [3.8, 4) is 0 Å². The largest absolute Gasteiger partial charge is 0.459 e. The third-order valence-corrected chi connectivity index (χ3v) is 4.50. The number of fused-ring (bicyclic) bond motifs is 2. The summed E-state index contributed by atoms with van der Waals surface area (Å²) in [6.07, 6.45) is 0. The van der Waals surface area contributed by atoms with Gasteiger partial charge < -0.3 is 19.8 Å². The predicted octanol–water partition coefficient (Wildman–Crippen LogP) is 1.27. The van der Waals surface area contributed by atoms with Gasteiger partial charge in [-0.25, -0.2) is 0 Å². The van der Waals surface area contributed by atoms with E-state index in [4.69, 9.17) is 9.47 Å². The predicted molar refractivity (Wildman–Crippen MR) is 122 cm³/mol. The Kier molecular flexibility index (Phi) is 9.00. The molecule has 2 rings (SSSR count). The number of ether oxygens (including phenoxy) is 2. The number of nitrogens with zero attached hydrogens (tertiary/aromatic N) is 2. The zero-order chi connectivity index (χ0) is 23.9. The summed E-state index contributed by atoms with van der Waals surface area (Å²) >= 11 is 0. The first-order valence-electron chi connectivity index (χ1n) is 11.1. The molecule has 0 amide bonds. The first-order valence-corrected chi connectivity index (χ1v) is 11.1. The van der Waals surface area contributed by atoms with E-state index in [1.165, 1.54) is 0 Å². The van der Waals surface area contributed by atoms with Gasteiger partial charge in [0, 0.05) is 62.8 Å². The van der Waals surface area contributed by atoms with Gasteiger partial charge in [-0.1, -0.05) is 0 Å². The molecule has 1 aliphatic heterocycles. The Morgan fingerprint density at radius 3 is 1.62 bits per heavy atom. The van der Waals surface area contributed by atoms with Gasteiger partial charge in [0.2, 0.25) is 0 Å². The van der Waals surface area contributed by atoms with Crippen LogP contribution in [0.2, 0.25) is 0 Å². The van der Waals surface area contributed by atoms with Gasteiger partial charge >= 0.3 is 11.9 Å². The number of hydrogen-bond donors (Lipinski definition) is 2. The van der Waals surface area contributed by atoms with Crippen molar-refractivity contribution in [1.29, 1.82) is 0 Å². The lowest BCUT2D eigenvalue weighted by Crippen LogP contribution is -2.42. The van der Waals surface area contributed by atoms with Crippen molar-refractivity contribution < 1.29 is 19.1 Å². The Hall–Kier alpha value is -2.23. The summed E-state index contributed by atoms with van der Waals surface area (Å²) in [7, 11) is 0. The summed E-state index contributed by atoms with van der Waals surface area (Å²) in [5.74, 6) is -0.599. The molecular weight excluding hydrogens is 412 g/mol. The van der Waals surface area contributed by atoms with Gasteiger partial charge in [0.25, 0.3) is 0 Å². The Morgan fingerprint density at radius 2 is 1.25 bits per heavy atom. The minimum absolute atomic E-state index is 0.113. The molecule has 0 unspecified atom stereocenters. The zero-order valence-corrected chi connectivity index (χ0v) is 20.2. The number of hydrogen-bond acceptors (Lipinski definition) is 8. The lowest BCUT2D eigenvalue weighted by molar-refractivity contribution is -0.157. The molecule has 0 spiro atoms. The van der Waals surface area contributed by atoms with E-state index in [9.17, 15) is 14.4 Å². The van der Waals surface area contributed by atoms with Gasteiger partial charge in [-0.15, -0.1) is 0 Å². The molecule has 32 heavy (non-hydrogen) atoms. The second-order valence-electron chi connectivity index (χ2n) is 10.2. The fraction of sp³-hybridized carbons (Fsp3) is 0.696. The standard InChI is InChI=1S/C23H38N4O5/c1-22(2,3)31-20(29)15-26-9-7-24-8-10-27(16-21(30)32-23(4,5)6)14-18-12-19(28)11-17(13-26)25-18/h11-12,24H,7-10,13-16H2,1-6H3,(H,25,28). The smallest absolute Gasteiger partial charge is 0.320 e. The quantitative estimate of drug-likeness (QED) is 0.661. The number of aromatic amines is 1. The molecule has 9 nitrogen and oxygen atoms in total. The van der Waals surface area contributed by atoms with Crippen LogP contribution in [0.1, 0.15) is 52.9 Å². The third-order valence-electron chi connectivity index (χ3n) is 4.50. The highest BCUT2D eigenvalue weighted by Crippen LogP contribution is 2.11. The summed E-state index contributed by atoms with van der Waals surface area (Å²) in [4.78, 5) is 44.2. The maximum Gasteiger partial charge on any atom is 0.320 e. The Morgan fingerprint density at radius 1 is 0.844 bits per heavy atom. The lowest BCUT2D eigenvalue weighted by Gasteiger charge is -2.27. The third kappa shape index (κ3) is 10.4. The molecule has 2 heterocycles. The molecule has 0 aromatic carbocycles. The minimum Gasteiger partial charge on any atom is -0.459 e. The molecule has 0 saturated carbocycles. The molecule has 9 heteroatoms. The van der Waals surface area contributed by atoms with Crippen LogP contribution in [0, 0.1) is 0 Å². The van der Waals surface area contributed by atoms with Crippen molar-refractivity contribution in [2.75, 3.05) is 39.3 Å². The summed E-state index contributed by atoms with van der Waals surface area (Å²) in [5.41, 5.74) is 0.225. The van der Waals surface area contributed by atoms with Crippen LogP contribution in [-0.4, -0.2) is 77.2 Å². The first kappa shape index (κ1) is 26.0. The maximum absolute atomic E-state index is 12.3. The highest BCUT2D eigenvalue weighted by molar-refractivity contribution is 5.72. The maximum atomic E-state index is 12.3. The average molecular weight is 451 g/mol. The Labute approximate surface area is 190 Å². The SMILES string of the molecule is CC(C)(C)OC(=O)CN1CCNCCN(CC(=O)OC(C)(C)C)Cc2cc(=O)cc([nH]2)C1. The molecule has 2 N–H and O–H groups in total. The van der Waals surface area contributed by atoms with E-state index in [1.807, 2.05) is 51.3 Å². The topological polar surface area (TPSA) is 104 Å². The number of rotatable bonds is 4. The molecule has 1 aliphatic rings. The summed E-state index contributed by atoms with van der Waals surface area (Å²) in [6.45, 7) is 14.7. The summed E-state index contributed by atoms with van der Waals surface area (Å²) in [5, 5.41) is 3.37. The Bertz CT molecular complexity index is 775. The second-order valence-corrected chi connectivity index (χ2v) is 10.2. The van der Waals surface area contributed by atoms with Gasteiger partial charge in [0.05, 0.1) is 13.1 Å². The zero-order valence-electron chi connectivity index (χ0n) is 20.2. The number of nitrogens with one attached hydrogen (secondary N) is 2. The molecule has 0 saturated heterocycles. The van der Waals surface area contributed by atoms with Gasteiger partial charge in [0.1, 0.15) is 11.2 Å². The molecule has 0 aliphatic carbocycles. The molecular formula is C23H38N4O5. The van der Waals surface area contributed by atoms with Crippen LogP contribution in [0.15, 0.2) is 16.9 Å². The summed E-state index contributed by atoms with van der Waals surface area (Å²) < 4.78 is 10.9. The van der Waals surface area contributed by atoms with Crippen LogP contribution < -0.4 is 10.7 Å². The number of aromatic nitrogens is 1. The van der Waals surface area contributed by atoms with Gasteiger partial charge in [0.15, 0.2) is 5.43 Å². The van der Waals surface area contributed by atoms with E-state index in [2.05, 4.69) is 10.3 Å². The number of pyridine rings is 1. The van der Waals surface area contributed by atoms with Crippen molar-refractivity contribution in [2.24, 2.45) is 0 Å². The van der Waals surface area contributed by atoms with E-state index >= 15 is 0 Å². The molecule has 180 valence electrons. The van der Waals surface area contributed by atoms with Crippen LogP contribution in [0.5, 0.6) is 0 Å². The second kappa shape index (κ2) is 11.1. The molecule has 0 atom stereocenters. The fourth-order valence-electron chi connectivity index (χ4n) is 3.46. The average Bonchev–Trinajstić information content (AvgIpc) is 2.56. The highest BCUT2D eigenvalue weighted by Gasteiger charge is 2.22. The number of carbonyl (C=O) groups is 2. The Balaban J connectivity index is 2.15.